The van der Waals surface area contributed by atoms with Crippen LogP contribution in [0.1, 0.15) is 55.6 Å². The van der Waals surface area contributed by atoms with Crippen molar-refractivity contribution in [3.8, 4) is 11.6 Å². The van der Waals surface area contributed by atoms with E-state index in [-0.39, 0.29) is 17.9 Å². The van der Waals surface area contributed by atoms with Crippen LogP contribution in [0, 0.1) is 0 Å². The topological polar surface area (TPSA) is 99.4 Å². The molecule has 0 atom stereocenters. The largest absolute Gasteiger partial charge is 0.444 e. The van der Waals surface area contributed by atoms with Crippen LogP contribution in [0.15, 0.2) is 67.1 Å². The highest BCUT2D eigenvalue weighted by atomic mass is 16.6. The molecule has 0 bridgehead atoms. The van der Waals surface area contributed by atoms with Crippen molar-refractivity contribution in [3.63, 3.8) is 0 Å². The quantitative estimate of drug-likeness (QED) is 0.309. The first-order valence-electron chi connectivity index (χ1n) is 12.8. The van der Waals surface area contributed by atoms with Crippen LogP contribution in [0.25, 0.3) is 11.0 Å². The molecule has 0 saturated carbocycles. The van der Waals surface area contributed by atoms with Crippen LogP contribution >= 0.6 is 0 Å². The van der Waals surface area contributed by atoms with Crippen molar-refractivity contribution in [3.05, 3.63) is 78.2 Å². The van der Waals surface area contributed by atoms with Gasteiger partial charge in [0, 0.05) is 25.1 Å². The predicted molar refractivity (Wildman–Crippen MR) is 142 cm³/mol. The fourth-order valence-corrected chi connectivity index (χ4v) is 4.51. The molecule has 2 aromatic heterocycles. The van der Waals surface area contributed by atoms with Crippen LogP contribution in [0.4, 0.5) is 4.79 Å². The van der Waals surface area contributed by atoms with Gasteiger partial charge in [-0.05, 0) is 63.4 Å². The number of hydrogen-bond acceptors (Lipinski definition) is 7. The van der Waals surface area contributed by atoms with E-state index in [9.17, 15) is 9.59 Å². The Morgan fingerprint density at radius 1 is 0.974 bits per heavy atom. The number of hydrogen-bond donors (Lipinski definition) is 0. The number of piperidine rings is 1. The van der Waals surface area contributed by atoms with E-state index in [1.54, 1.807) is 35.4 Å². The molecule has 4 aromatic rings. The summed E-state index contributed by atoms with van der Waals surface area (Å²) in [7, 11) is 0. The number of ketones is 1. The molecule has 0 radical (unpaired) electrons. The van der Waals surface area contributed by atoms with E-state index in [2.05, 4.69) is 15.1 Å². The van der Waals surface area contributed by atoms with Crippen molar-refractivity contribution >= 4 is 22.9 Å². The smallest absolute Gasteiger partial charge is 0.410 e. The van der Waals surface area contributed by atoms with Crippen molar-refractivity contribution in [1.29, 1.82) is 0 Å². The summed E-state index contributed by atoms with van der Waals surface area (Å²) >= 11 is 0. The summed E-state index contributed by atoms with van der Waals surface area (Å²) in [5, 5.41) is 5.28. The minimum Gasteiger partial charge on any atom is -0.444 e. The zero-order valence-corrected chi connectivity index (χ0v) is 21.8. The Bertz CT molecular complexity index is 1420. The highest BCUT2D eigenvalue weighted by Gasteiger charge is 2.29. The number of nitrogens with zero attached hydrogens (tertiary/aromatic N) is 5. The monoisotopic (exact) mass is 513 g/mol. The van der Waals surface area contributed by atoms with E-state index < -0.39 is 5.60 Å². The Kier molecular flexibility index (Phi) is 7.09. The van der Waals surface area contributed by atoms with Crippen LogP contribution in [0.5, 0.6) is 11.6 Å². The van der Waals surface area contributed by atoms with Crippen LogP contribution < -0.4 is 4.74 Å². The van der Waals surface area contributed by atoms with Crippen LogP contribution in [-0.4, -0.2) is 55.2 Å². The van der Waals surface area contributed by atoms with Gasteiger partial charge in [-0.25, -0.2) is 19.4 Å². The van der Waals surface area contributed by atoms with Gasteiger partial charge < -0.3 is 14.4 Å². The van der Waals surface area contributed by atoms with Crippen molar-refractivity contribution in [2.45, 2.75) is 51.7 Å². The molecular formula is C29H31N5O4. The molecule has 9 heteroatoms. The molecule has 0 N–H and O–H groups in total. The zero-order chi connectivity index (χ0) is 26.7. The van der Waals surface area contributed by atoms with Gasteiger partial charge in [-0.3, -0.25) is 4.79 Å². The SMILES string of the molecule is CC(C)(C)OC(=O)N1CCC(n2ncc3c(Oc4ccc(C(=O)Cc5ccccc5)cc4)ncnc32)CC1. The molecule has 1 saturated heterocycles. The van der Waals surface area contributed by atoms with Gasteiger partial charge in [0.1, 0.15) is 23.1 Å². The van der Waals surface area contributed by atoms with Gasteiger partial charge in [0.2, 0.25) is 5.88 Å². The van der Waals surface area contributed by atoms with Gasteiger partial charge in [0.05, 0.1) is 12.2 Å². The molecule has 0 aliphatic carbocycles. The summed E-state index contributed by atoms with van der Waals surface area (Å²) in [6.45, 7) is 6.78. The normalized spacial score (nSPS) is 14.4. The van der Waals surface area contributed by atoms with E-state index >= 15 is 0 Å². The standard InChI is InChI=1S/C29H31N5O4/c1-29(2,3)38-28(36)33-15-13-22(14-16-33)34-26-24(18-32-34)27(31-19-30-26)37-23-11-9-21(10-12-23)25(35)17-20-7-5-4-6-8-20/h4-12,18-19,22H,13-17H2,1-3H3. The number of carbonyl (C=O) groups is 2. The van der Waals surface area contributed by atoms with E-state index in [4.69, 9.17) is 9.47 Å². The number of rotatable bonds is 6. The molecule has 1 amide bonds. The number of likely N-dealkylation sites (tertiary alicyclic amines) is 1. The number of fused-ring (bicyclic) bond motifs is 1. The van der Waals surface area contributed by atoms with E-state index in [0.29, 0.717) is 47.7 Å². The number of amides is 1. The molecule has 1 fully saturated rings. The first kappa shape index (κ1) is 25.4. The molecule has 9 nitrogen and oxygen atoms in total. The van der Waals surface area contributed by atoms with Crippen molar-refractivity contribution < 1.29 is 19.1 Å². The average Bonchev–Trinajstić information content (AvgIpc) is 3.34. The molecule has 2 aromatic carbocycles. The third-order valence-corrected chi connectivity index (χ3v) is 6.41. The predicted octanol–water partition coefficient (Wildman–Crippen LogP) is 5.62. The lowest BCUT2D eigenvalue weighted by Gasteiger charge is -2.33. The summed E-state index contributed by atoms with van der Waals surface area (Å²) < 4.78 is 13.4. The average molecular weight is 514 g/mol. The van der Waals surface area contributed by atoms with E-state index in [1.807, 2.05) is 55.8 Å². The lowest BCUT2D eigenvalue weighted by atomic mass is 10.0. The number of ether oxygens (including phenoxy) is 2. The third kappa shape index (κ3) is 5.82. The summed E-state index contributed by atoms with van der Waals surface area (Å²) in [6.07, 6.45) is 4.73. The Labute approximate surface area is 221 Å². The van der Waals surface area contributed by atoms with E-state index in [1.165, 1.54) is 6.33 Å². The van der Waals surface area contributed by atoms with Crippen molar-refractivity contribution in [1.82, 2.24) is 24.6 Å². The van der Waals surface area contributed by atoms with Gasteiger partial charge in [0.15, 0.2) is 11.4 Å². The maximum atomic E-state index is 12.6. The number of Topliss-reactive ketones (excluding diaryl/α,β-unsaturated/α-hetero) is 1. The second kappa shape index (κ2) is 10.6. The fourth-order valence-electron chi connectivity index (χ4n) is 4.51. The van der Waals surface area contributed by atoms with Crippen LogP contribution in [0.3, 0.4) is 0 Å². The molecule has 1 aliphatic rings. The van der Waals surface area contributed by atoms with E-state index in [0.717, 1.165) is 18.4 Å². The molecule has 38 heavy (non-hydrogen) atoms. The Morgan fingerprint density at radius 2 is 1.68 bits per heavy atom. The third-order valence-electron chi connectivity index (χ3n) is 6.41. The van der Waals surface area contributed by atoms with Gasteiger partial charge in [0.25, 0.3) is 0 Å². The first-order chi connectivity index (χ1) is 18.3. The number of carbonyl (C=O) groups excluding carboxylic acids is 2. The summed E-state index contributed by atoms with van der Waals surface area (Å²) in [4.78, 5) is 35.6. The fraction of sp³-hybridized carbons (Fsp3) is 0.345. The second-order valence-corrected chi connectivity index (χ2v) is 10.4. The maximum Gasteiger partial charge on any atom is 0.410 e. The lowest BCUT2D eigenvalue weighted by Crippen LogP contribution is -2.42. The van der Waals surface area contributed by atoms with Crippen molar-refractivity contribution in [2.75, 3.05) is 13.1 Å². The molecule has 3 heterocycles. The number of benzene rings is 2. The first-order valence-corrected chi connectivity index (χ1v) is 12.8. The van der Waals surface area contributed by atoms with Crippen LogP contribution in [0.2, 0.25) is 0 Å². The molecule has 0 unspecified atom stereocenters. The molecule has 5 rings (SSSR count). The highest BCUT2D eigenvalue weighted by Crippen LogP contribution is 2.31. The van der Waals surface area contributed by atoms with Gasteiger partial charge >= 0.3 is 6.09 Å². The number of aromatic nitrogens is 4. The summed E-state index contributed by atoms with van der Waals surface area (Å²) in [6, 6.07) is 16.8. The molecule has 1 aliphatic heterocycles. The highest BCUT2D eigenvalue weighted by molar-refractivity contribution is 5.97. The molecule has 0 spiro atoms. The zero-order valence-electron chi connectivity index (χ0n) is 21.8. The Balaban J connectivity index is 1.25. The second-order valence-electron chi connectivity index (χ2n) is 10.4. The molecule has 196 valence electrons. The minimum absolute atomic E-state index is 0.0474. The Hall–Kier alpha value is -4.27. The lowest BCUT2D eigenvalue weighted by molar-refractivity contribution is 0.0186. The van der Waals surface area contributed by atoms with Gasteiger partial charge in [-0.15, -0.1) is 0 Å². The maximum absolute atomic E-state index is 12.6. The van der Waals surface area contributed by atoms with Crippen molar-refractivity contribution in [2.24, 2.45) is 0 Å². The summed E-state index contributed by atoms with van der Waals surface area (Å²) in [5.41, 5.74) is 1.77. The molecular weight excluding hydrogens is 482 g/mol. The van der Waals surface area contributed by atoms with Crippen LogP contribution in [-0.2, 0) is 11.2 Å². The summed E-state index contributed by atoms with van der Waals surface area (Å²) in [5.74, 6) is 1.02. The minimum atomic E-state index is -0.516. The van der Waals surface area contributed by atoms with Gasteiger partial charge in [-0.2, -0.15) is 5.10 Å². The Morgan fingerprint density at radius 3 is 2.37 bits per heavy atom. The van der Waals surface area contributed by atoms with Gasteiger partial charge in [-0.1, -0.05) is 30.3 Å².